The fourth-order valence-electron chi connectivity index (χ4n) is 2.92. The van der Waals surface area contributed by atoms with E-state index in [1.165, 1.54) is 0 Å². The van der Waals surface area contributed by atoms with Crippen LogP contribution in [0.2, 0.25) is 0 Å². The van der Waals surface area contributed by atoms with E-state index in [0.717, 1.165) is 31.3 Å². The van der Waals surface area contributed by atoms with Crippen LogP contribution in [0.5, 0.6) is 0 Å². The van der Waals surface area contributed by atoms with Crippen molar-refractivity contribution < 1.29 is 9.59 Å². The first-order chi connectivity index (χ1) is 11.1. The van der Waals surface area contributed by atoms with E-state index in [1.54, 1.807) is 12.3 Å². The molecule has 2 N–H and O–H groups in total. The first kappa shape index (κ1) is 15.4. The Morgan fingerprint density at radius 2 is 2.04 bits per heavy atom. The lowest BCUT2D eigenvalue weighted by molar-refractivity contribution is -0.136. The van der Waals surface area contributed by atoms with Crippen LogP contribution in [-0.2, 0) is 9.59 Å². The van der Waals surface area contributed by atoms with Gasteiger partial charge < -0.3 is 15.5 Å². The number of amides is 2. The zero-order chi connectivity index (χ0) is 16.2. The van der Waals surface area contributed by atoms with Gasteiger partial charge in [0.25, 0.3) is 0 Å². The number of hydrogen-bond donors (Lipinski definition) is 2. The number of anilines is 1. The van der Waals surface area contributed by atoms with Crippen molar-refractivity contribution in [3.63, 3.8) is 0 Å². The van der Waals surface area contributed by atoms with Gasteiger partial charge in [0.15, 0.2) is 0 Å². The van der Waals surface area contributed by atoms with Crippen LogP contribution < -0.4 is 10.6 Å². The molecule has 1 saturated heterocycles. The lowest BCUT2D eigenvalue weighted by atomic mass is 10.1. The predicted octanol–water partition coefficient (Wildman–Crippen LogP) is 1.38. The van der Waals surface area contributed by atoms with Crippen molar-refractivity contribution in [2.75, 3.05) is 25.5 Å². The summed E-state index contributed by atoms with van der Waals surface area (Å²) in [6.45, 7) is 1.80. The highest BCUT2D eigenvalue weighted by molar-refractivity contribution is 6.40. The highest BCUT2D eigenvalue weighted by Crippen LogP contribution is 2.20. The van der Waals surface area contributed by atoms with Crippen LogP contribution in [0.15, 0.2) is 36.5 Å². The molecule has 120 valence electrons. The fraction of sp³-hybridized carbons (Fsp3) is 0.353. The Morgan fingerprint density at radius 3 is 2.87 bits per heavy atom. The highest BCUT2D eigenvalue weighted by atomic mass is 16.2. The molecule has 2 amide bonds. The van der Waals surface area contributed by atoms with Crippen molar-refractivity contribution >= 4 is 28.4 Å². The van der Waals surface area contributed by atoms with Crippen molar-refractivity contribution in [1.82, 2.24) is 15.2 Å². The summed E-state index contributed by atoms with van der Waals surface area (Å²) in [5, 5.41) is 6.38. The summed E-state index contributed by atoms with van der Waals surface area (Å²) in [4.78, 5) is 30.7. The SMILES string of the molecule is CN1CCCC(NC(=O)C(=O)Nc2cccc3cccnc23)C1. The molecule has 1 atom stereocenters. The van der Waals surface area contributed by atoms with Gasteiger partial charge in [0.05, 0.1) is 11.2 Å². The zero-order valence-electron chi connectivity index (χ0n) is 13.1. The highest BCUT2D eigenvalue weighted by Gasteiger charge is 2.22. The van der Waals surface area contributed by atoms with Crippen molar-refractivity contribution in [2.24, 2.45) is 0 Å². The number of aromatic nitrogens is 1. The molecule has 6 nitrogen and oxygen atoms in total. The van der Waals surface area contributed by atoms with E-state index < -0.39 is 11.8 Å². The van der Waals surface area contributed by atoms with E-state index in [0.29, 0.717) is 11.2 Å². The standard InChI is InChI=1S/C17H20N4O2/c1-21-10-4-7-13(11-21)19-16(22)17(23)20-14-8-2-5-12-6-3-9-18-15(12)14/h2-3,5-6,8-9,13H,4,7,10-11H2,1H3,(H,19,22)(H,20,23). The van der Waals surface area contributed by atoms with Gasteiger partial charge in [-0.2, -0.15) is 0 Å². The third-order valence-corrected chi connectivity index (χ3v) is 4.05. The van der Waals surface area contributed by atoms with E-state index >= 15 is 0 Å². The van der Waals surface area contributed by atoms with E-state index in [1.807, 2.05) is 31.3 Å². The van der Waals surface area contributed by atoms with Crippen LogP contribution in [-0.4, -0.2) is 47.9 Å². The molecule has 1 fully saturated rings. The minimum atomic E-state index is -0.656. The predicted molar refractivity (Wildman–Crippen MR) is 89.0 cm³/mol. The van der Waals surface area contributed by atoms with Gasteiger partial charge >= 0.3 is 11.8 Å². The first-order valence-electron chi connectivity index (χ1n) is 7.77. The van der Waals surface area contributed by atoms with Crippen LogP contribution in [0.25, 0.3) is 10.9 Å². The fourth-order valence-corrected chi connectivity index (χ4v) is 2.92. The molecule has 6 heteroatoms. The molecule has 1 aliphatic heterocycles. The summed E-state index contributed by atoms with van der Waals surface area (Å²) < 4.78 is 0. The lowest BCUT2D eigenvalue weighted by Crippen LogP contribution is -2.49. The second-order valence-corrected chi connectivity index (χ2v) is 5.91. The number of pyridine rings is 1. The average molecular weight is 312 g/mol. The number of likely N-dealkylation sites (N-methyl/N-ethyl adjacent to an activating group) is 1. The molecular weight excluding hydrogens is 292 g/mol. The van der Waals surface area contributed by atoms with Gasteiger partial charge in [-0.05, 0) is 38.6 Å². The maximum absolute atomic E-state index is 12.1. The zero-order valence-corrected chi connectivity index (χ0v) is 13.1. The molecule has 0 radical (unpaired) electrons. The van der Waals surface area contributed by atoms with E-state index in [4.69, 9.17) is 0 Å². The van der Waals surface area contributed by atoms with Crippen LogP contribution in [0.4, 0.5) is 5.69 Å². The Balaban J connectivity index is 1.67. The summed E-state index contributed by atoms with van der Waals surface area (Å²) >= 11 is 0. The van der Waals surface area contributed by atoms with Crippen molar-refractivity contribution in [1.29, 1.82) is 0 Å². The molecule has 0 bridgehead atoms. The van der Waals surface area contributed by atoms with Gasteiger partial charge in [0.1, 0.15) is 0 Å². The van der Waals surface area contributed by atoms with E-state index in [-0.39, 0.29) is 6.04 Å². The van der Waals surface area contributed by atoms with Crippen molar-refractivity contribution in [2.45, 2.75) is 18.9 Å². The number of nitrogens with one attached hydrogen (secondary N) is 2. The Labute approximate surface area is 134 Å². The number of piperidine rings is 1. The van der Waals surface area contributed by atoms with Crippen LogP contribution in [0, 0.1) is 0 Å². The Bertz CT molecular complexity index is 726. The largest absolute Gasteiger partial charge is 0.344 e. The minimum absolute atomic E-state index is 0.0256. The molecule has 2 heterocycles. The minimum Gasteiger partial charge on any atom is -0.344 e. The lowest BCUT2D eigenvalue weighted by Gasteiger charge is -2.29. The van der Waals surface area contributed by atoms with Gasteiger partial charge in [0, 0.05) is 24.2 Å². The van der Waals surface area contributed by atoms with Crippen LogP contribution in [0.3, 0.4) is 0 Å². The van der Waals surface area contributed by atoms with E-state index in [9.17, 15) is 9.59 Å². The smallest absolute Gasteiger partial charge is 0.313 e. The summed E-state index contributed by atoms with van der Waals surface area (Å²) in [6.07, 6.45) is 3.59. The van der Waals surface area contributed by atoms with Gasteiger partial charge in [-0.1, -0.05) is 18.2 Å². The van der Waals surface area contributed by atoms with Gasteiger partial charge in [-0.3, -0.25) is 14.6 Å². The number of nitrogens with zero attached hydrogens (tertiary/aromatic N) is 2. The van der Waals surface area contributed by atoms with E-state index in [2.05, 4.69) is 20.5 Å². The Morgan fingerprint density at radius 1 is 1.22 bits per heavy atom. The molecule has 1 aromatic carbocycles. The molecule has 0 spiro atoms. The Hall–Kier alpha value is -2.47. The molecule has 0 aliphatic carbocycles. The second-order valence-electron chi connectivity index (χ2n) is 5.91. The number of rotatable bonds is 2. The molecule has 1 aromatic heterocycles. The number of benzene rings is 1. The molecule has 2 aromatic rings. The Kier molecular flexibility index (Phi) is 4.52. The van der Waals surface area contributed by atoms with Crippen molar-refractivity contribution in [3.05, 3.63) is 36.5 Å². The number of carbonyl (C=O) groups is 2. The summed E-state index contributed by atoms with van der Waals surface area (Å²) in [5.74, 6) is -1.25. The molecule has 3 rings (SSSR count). The van der Waals surface area contributed by atoms with Crippen molar-refractivity contribution in [3.8, 4) is 0 Å². The normalized spacial score (nSPS) is 18.6. The molecule has 23 heavy (non-hydrogen) atoms. The van der Waals surface area contributed by atoms with Crippen LogP contribution in [0.1, 0.15) is 12.8 Å². The number of para-hydroxylation sites is 1. The quantitative estimate of drug-likeness (QED) is 0.822. The molecule has 1 aliphatic rings. The topological polar surface area (TPSA) is 74.3 Å². The monoisotopic (exact) mass is 312 g/mol. The number of carbonyl (C=O) groups excluding carboxylic acids is 2. The molecular formula is C17H20N4O2. The summed E-state index contributed by atoms with van der Waals surface area (Å²) in [5.41, 5.74) is 1.22. The van der Waals surface area contributed by atoms with Crippen LogP contribution >= 0.6 is 0 Å². The number of likely N-dealkylation sites (tertiary alicyclic amines) is 1. The third-order valence-electron chi connectivity index (χ3n) is 4.05. The maximum atomic E-state index is 12.1. The van der Waals surface area contributed by atoms with Gasteiger partial charge in [-0.15, -0.1) is 0 Å². The summed E-state index contributed by atoms with van der Waals surface area (Å²) in [7, 11) is 2.01. The van der Waals surface area contributed by atoms with Gasteiger partial charge in [0.2, 0.25) is 0 Å². The second kappa shape index (κ2) is 6.75. The number of fused-ring (bicyclic) bond motifs is 1. The summed E-state index contributed by atoms with van der Waals surface area (Å²) in [6, 6.07) is 9.26. The molecule has 0 saturated carbocycles. The van der Waals surface area contributed by atoms with Gasteiger partial charge in [-0.25, -0.2) is 0 Å². The molecule has 1 unspecified atom stereocenters. The number of hydrogen-bond acceptors (Lipinski definition) is 4. The third kappa shape index (κ3) is 3.65. The first-order valence-corrected chi connectivity index (χ1v) is 7.77. The average Bonchev–Trinajstić information content (AvgIpc) is 2.55. The maximum Gasteiger partial charge on any atom is 0.313 e.